The van der Waals surface area contributed by atoms with Crippen LogP contribution < -0.4 is 9.64 Å². The Morgan fingerprint density at radius 3 is 2.67 bits per heavy atom. The van der Waals surface area contributed by atoms with Crippen molar-refractivity contribution in [3.05, 3.63) is 81.2 Å². The van der Waals surface area contributed by atoms with E-state index in [0.29, 0.717) is 32.9 Å². The third-order valence-electron chi connectivity index (χ3n) is 4.48. The second-order valence-corrected chi connectivity index (χ2v) is 8.53. The van der Waals surface area contributed by atoms with Gasteiger partial charge in [0, 0.05) is 0 Å². The summed E-state index contributed by atoms with van der Waals surface area (Å²) in [5.74, 6) is -1.02. The van der Waals surface area contributed by atoms with E-state index < -0.39 is 23.5 Å². The molecule has 7 nitrogen and oxygen atoms in total. The molecule has 30 heavy (non-hydrogen) atoms. The van der Waals surface area contributed by atoms with Gasteiger partial charge >= 0.3 is 0 Å². The predicted octanol–water partition coefficient (Wildman–Crippen LogP) is 4.26. The Morgan fingerprint density at radius 1 is 1.30 bits per heavy atom. The summed E-state index contributed by atoms with van der Waals surface area (Å²) in [6, 6.07) is 9.60. The number of Topliss-reactive ketones (excluding diaryl/α,β-unsaturated/α-hetero) is 1. The van der Waals surface area contributed by atoms with Crippen LogP contribution in [-0.4, -0.2) is 33.6 Å². The van der Waals surface area contributed by atoms with Crippen LogP contribution in [0.5, 0.6) is 5.75 Å². The van der Waals surface area contributed by atoms with Crippen molar-refractivity contribution in [2.45, 2.75) is 13.0 Å². The van der Waals surface area contributed by atoms with Crippen LogP contribution in [0.3, 0.4) is 0 Å². The number of nitrogens with zero attached hydrogens (tertiary/aromatic N) is 3. The number of carbonyl (C=O) groups is 2. The summed E-state index contributed by atoms with van der Waals surface area (Å²) in [5, 5.41) is 21.5. The Kier molecular flexibility index (Phi) is 5.47. The molecule has 1 amide bonds. The van der Waals surface area contributed by atoms with Gasteiger partial charge in [0.1, 0.15) is 17.4 Å². The molecule has 1 aliphatic rings. The van der Waals surface area contributed by atoms with Crippen LogP contribution in [0, 0.1) is 6.92 Å². The van der Waals surface area contributed by atoms with Crippen molar-refractivity contribution in [3.63, 3.8) is 0 Å². The smallest absolute Gasteiger partial charge is 0.296 e. The number of aromatic nitrogens is 2. The zero-order valence-electron chi connectivity index (χ0n) is 15.9. The van der Waals surface area contributed by atoms with Gasteiger partial charge in [0.25, 0.3) is 5.91 Å². The lowest BCUT2D eigenvalue weighted by Gasteiger charge is -2.24. The van der Waals surface area contributed by atoms with Crippen molar-refractivity contribution >= 4 is 39.5 Å². The second-order valence-electron chi connectivity index (χ2n) is 6.42. The maximum atomic E-state index is 13.2. The van der Waals surface area contributed by atoms with Crippen molar-refractivity contribution in [2.24, 2.45) is 0 Å². The second kappa shape index (κ2) is 8.21. The number of ether oxygens (including phenoxy) is 1. The van der Waals surface area contributed by atoms with E-state index in [2.05, 4.69) is 16.8 Å². The first-order valence-corrected chi connectivity index (χ1v) is 10.7. The number of hydrogen-bond donors (Lipinski definition) is 1. The van der Waals surface area contributed by atoms with E-state index in [1.54, 1.807) is 54.8 Å². The van der Waals surface area contributed by atoms with Crippen LogP contribution in [0.4, 0.5) is 5.13 Å². The lowest BCUT2D eigenvalue weighted by atomic mass is 9.95. The number of aryl methyl sites for hydroxylation is 1. The van der Waals surface area contributed by atoms with E-state index in [1.165, 1.54) is 27.6 Å². The third kappa shape index (κ3) is 3.53. The highest BCUT2D eigenvalue weighted by molar-refractivity contribution is 7.15. The lowest BCUT2D eigenvalue weighted by Crippen LogP contribution is -2.31. The molecule has 0 radical (unpaired) electrons. The van der Waals surface area contributed by atoms with Crippen molar-refractivity contribution in [3.8, 4) is 5.75 Å². The topological polar surface area (TPSA) is 92.6 Å². The monoisotopic (exact) mass is 439 g/mol. The zero-order chi connectivity index (χ0) is 21.3. The molecule has 4 rings (SSSR count). The maximum Gasteiger partial charge on any atom is 0.296 e. The van der Waals surface area contributed by atoms with Crippen LogP contribution in [0.2, 0.25) is 0 Å². The average molecular weight is 440 g/mol. The van der Waals surface area contributed by atoms with Crippen molar-refractivity contribution < 1.29 is 19.4 Å². The molecule has 2 aromatic heterocycles. The molecule has 0 unspecified atom stereocenters. The fourth-order valence-electron chi connectivity index (χ4n) is 3.18. The summed E-state index contributed by atoms with van der Waals surface area (Å²) in [4.78, 5) is 27.9. The molecule has 0 saturated heterocycles. The Morgan fingerprint density at radius 2 is 2.07 bits per heavy atom. The molecule has 152 valence electrons. The first-order valence-electron chi connectivity index (χ1n) is 9.00. The number of benzene rings is 1. The minimum Gasteiger partial charge on any atom is -0.503 e. The van der Waals surface area contributed by atoms with Gasteiger partial charge in [0.05, 0.1) is 16.5 Å². The van der Waals surface area contributed by atoms with Gasteiger partial charge in [-0.1, -0.05) is 42.2 Å². The predicted molar refractivity (Wildman–Crippen MR) is 115 cm³/mol. The number of thiophene rings is 1. The lowest BCUT2D eigenvalue weighted by molar-refractivity contribution is -0.117. The molecule has 0 aliphatic carbocycles. The molecular formula is C21H17N3O4S2. The highest BCUT2D eigenvalue weighted by Gasteiger charge is 2.46. The molecule has 0 spiro atoms. The van der Waals surface area contributed by atoms with E-state index in [0.717, 1.165) is 0 Å². The molecule has 1 N–H and O–H groups in total. The number of rotatable bonds is 7. The Labute approximate surface area is 180 Å². The number of hydrogen-bond acceptors (Lipinski definition) is 8. The first-order chi connectivity index (χ1) is 14.5. The number of ketones is 1. The van der Waals surface area contributed by atoms with Gasteiger partial charge in [0.15, 0.2) is 5.76 Å². The van der Waals surface area contributed by atoms with Crippen LogP contribution >= 0.6 is 22.7 Å². The van der Waals surface area contributed by atoms with E-state index in [4.69, 9.17) is 4.74 Å². The molecule has 1 aliphatic heterocycles. The number of aliphatic hydroxyl groups excluding tert-OH is 1. The molecule has 0 saturated carbocycles. The van der Waals surface area contributed by atoms with E-state index in [1.807, 2.05) is 0 Å². The summed E-state index contributed by atoms with van der Waals surface area (Å²) in [5.41, 5.74) is 0.668. The fourth-order valence-corrected chi connectivity index (χ4v) is 4.57. The molecule has 1 atom stereocenters. The summed E-state index contributed by atoms with van der Waals surface area (Å²) in [6.07, 6.45) is 1.64. The minimum atomic E-state index is -0.826. The standard InChI is InChI=1S/C21H17N3O4S2/c1-3-10-28-14-8-6-13(7-9-14)17-16(18(25)15-5-4-11-29-15)19(26)20(27)24(17)21-23-22-12(2)30-21/h3-9,11,17,26H,1,10H2,2H3/t17-/m0/s1. The van der Waals surface area contributed by atoms with Crippen LogP contribution in [-0.2, 0) is 4.79 Å². The van der Waals surface area contributed by atoms with Gasteiger partial charge in [-0.3, -0.25) is 14.5 Å². The average Bonchev–Trinajstić information content (AvgIpc) is 3.48. The molecule has 0 fully saturated rings. The SMILES string of the molecule is C=CCOc1ccc([C@H]2C(C(=O)c3cccs3)=C(O)C(=O)N2c2nnc(C)s2)cc1. The Hall–Kier alpha value is -3.30. The summed E-state index contributed by atoms with van der Waals surface area (Å²) in [6.45, 7) is 5.75. The van der Waals surface area contributed by atoms with Gasteiger partial charge < -0.3 is 9.84 Å². The number of anilines is 1. The maximum absolute atomic E-state index is 13.2. The first kappa shape index (κ1) is 20.0. The molecule has 0 bridgehead atoms. The molecule has 1 aromatic carbocycles. The van der Waals surface area contributed by atoms with Crippen LogP contribution in [0.1, 0.15) is 26.3 Å². The summed E-state index contributed by atoms with van der Waals surface area (Å²) < 4.78 is 5.52. The van der Waals surface area contributed by atoms with Crippen LogP contribution in [0.25, 0.3) is 0 Å². The number of amides is 1. The summed E-state index contributed by atoms with van der Waals surface area (Å²) >= 11 is 2.47. The molecule has 3 aromatic rings. The number of carbonyl (C=O) groups excluding carboxylic acids is 2. The molecule has 3 heterocycles. The summed E-state index contributed by atoms with van der Waals surface area (Å²) in [7, 11) is 0. The van der Waals surface area contributed by atoms with Crippen molar-refractivity contribution in [2.75, 3.05) is 11.5 Å². The molecule has 9 heteroatoms. The van der Waals surface area contributed by atoms with Gasteiger partial charge in [-0.2, -0.15) is 0 Å². The highest BCUT2D eigenvalue weighted by Crippen LogP contribution is 2.43. The van der Waals surface area contributed by atoms with E-state index in [-0.39, 0.29) is 5.57 Å². The quantitative estimate of drug-likeness (QED) is 0.437. The molecular weight excluding hydrogens is 422 g/mol. The fraction of sp³-hybridized carbons (Fsp3) is 0.143. The Bertz CT molecular complexity index is 1130. The minimum absolute atomic E-state index is 0.0232. The normalized spacial score (nSPS) is 16.2. The van der Waals surface area contributed by atoms with Gasteiger partial charge in [-0.25, -0.2) is 0 Å². The number of aliphatic hydroxyl groups is 1. The van der Waals surface area contributed by atoms with E-state index >= 15 is 0 Å². The zero-order valence-corrected chi connectivity index (χ0v) is 17.6. The van der Waals surface area contributed by atoms with Crippen LogP contribution in [0.15, 0.2) is 65.8 Å². The third-order valence-corrected chi connectivity index (χ3v) is 6.19. The van der Waals surface area contributed by atoms with Gasteiger partial charge in [0.2, 0.25) is 10.9 Å². The largest absolute Gasteiger partial charge is 0.503 e. The van der Waals surface area contributed by atoms with Gasteiger partial charge in [-0.05, 0) is 36.1 Å². The highest BCUT2D eigenvalue weighted by atomic mass is 32.1. The van der Waals surface area contributed by atoms with Crippen molar-refractivity contribution in [1.82, 2.24) is 10.2 Å². The van der Waals surface area contributed by atoms with Gasteiger partial charge in [-0.15, -0.1) is 21.5 Å². The Balaban J connectivity index is 1.80. The van der Waals surface area contributed by atoms with E-state index in [9.17, 15) is 14.7 Å². The van der Waals surface area contributed by atoms with Crippen molar-refractivity contribution in [1.29, 1.82) is 0 Å².